The highest BCUT2D eigenvalue weighted by molar-refractivity contribution is 5.96. The topological polar surface area (TPSA) is 83.6 Å². The van der Waals surface area contributed by atoms with Gasteiger partial charge in [-0.3, -0.25) is 4.79 Å². The Kier molecular flexibility index (Phi) is 4.22. The Hall–Kier alpha value is -1.98. The van der Waals surface area contributed by atoms with E-state index in [1.54, 1.807) is 0 Å². The van der Waals surface area contributed by atoms with Gasteiger partial charge in [0, 0.05) is 6.42 Å². The van der Waals surface area contributed by atoms with E-state index in [9.17, 15) is 4.79 Å². The van der Waals surface area contributed by atoms with Gasteiger partial charge in [-0.15, -0.1) is 0 Å². The number of H-pyrrole nitrogens is 1. The molecule has 2 N–H and O–H groups in total. The fourth-order valence-electron chi connectivity index (χ4n) is 1.77. The lowest BCUT2D eigenvalue weighted by Gasteiger charge is -2.04. The van der Waals surface area contributed by atoms with E-state index >= 15 is 0 Å². The van der Waals surface area contributed by atoms with E-state index in [1.165, 1.54) is 25.5 Å². The minimum Gasteiger partial charge on any atom is -0.340 e. The Labute approximate surface area is 105 Å². The molecule has 1 amide bonds. The summed E-state index contributed by atoms with van der Waals surface area (Å²) in [6.45, 7) is 2.15. The number of carbonyl (C=O) groups is 1. The molecule has 2 rings (SSSR count). The van der Waals surface area contributed by atoms with Crippen LogP contribution in [0.5, 0.6) is 0 Å². The summed E-state index contributed by atoms with van der Waals surface area (Å²) in [5, 5.41) is 2.79. The summed E-state index contributed by atoms with van der Waals surface area (Å²) < 4.78 is 0. The second-order valence-corrected chi connectivity index (χ2v) is 4.18. The average molecular weight is 247 g/mol. The zero-order valence-electron chi connectivity index (χ0n) is 10.4. The van der Waals surface area contributed by atoms with Crippen molar-refractivity contribution >= 4 is 22.9 Å². The molecule has 0 aliphatic heterocycles. The van der Waals surface area contributed by atoms with Crippen LogP contribution < -0.4 is 5.32 Å². The number of rotatable bonds is 6. The van der Waals surface area contributed by atoms with Crippen LogP contribution in [0.25, 0.3) is 11.2 Å². The highest BCUT2D eigenvalue weighted by atomic mass is 16.1. The van der Waals surface area contributed by atoms with E-state index in [1.807, 2.05) is 0 Å². The molecule has 0 saturated carbocycles. The Morgan fingerprint density at radius 3 is 3.00 bits per heavy atom. The van der Waals surface area contributed by atoms with E-state index in [4.69, 9.17) is 0 Å². The molecule has 96 valence electrons. The molecule has 2 heterocycles. The maximum atomic E-state index is 11.7. The third kappa shape index (κ3) is 3.03. The molecular formula is C12H17N5O. The molecule has 0 fully saturated rings. The molecule has 18 heavy (non-hydrogen) atoms. The number of amides is 1. The van der Waals surface area contributed by atoms with Crippen LogP contribution in [0.4, 0.5) is 5.82 Å². The predicted octanol–water partition coefficient (Wildman–Crippen LogP) is 2.26. The third-order valence-electron chi connectivity index (χ3n) is 2.74. The quantitative estimate of drug-likeness (QED) is 0.767. The van der Waals surface area contributed by atoms with Crippen LogP contribution in [-0.2, 0) is 4.79 Å². The molecule has 0 atom stereocenters. The van der Waals surface area contributed by atoms with Crippen molar-refractivity contribution in [1.29, 1.82) is 0 Å². The Morgan fingerprint density at radius 1 is 1.28 bits per heavy atom. The monoisotopic (exact) mass is 247 g/mol. The smallest absolute Gasteiger partial charge is 0.225 e. The van der Waals surface area contributed by atoms with Gasteiger partial charge in [0.15, 0.2) is 11.5 Å². The number of imidazole rings is 1. The summed E-state index contributed by atoms with van der Waals surface area (Å²) >= 11 is 0. The van der Waals surface area contributed by atoms with Gasteiger partial charge in [-0.1, -0.05) is 26.2 Å². The maximum absolute atomic E-state index is 11.7. The zero-order chi connectivity index (χ0) is 12.8. The summed E-state index contributed by atoms with van der Waals surface area (Å²) in [7, 11) is 0. The molecule has 6 heteroatoms. The Bertz CT molecular complexity index is 522. The SMILES string of the molecule is CCCCCCC(=O)Nc1ncnc2nc[nH]c12. The highest BCUT2D eigenvalue weighted by Crippen LogP contribution is 2.14. The molecule has 0 bridgehead atoms. The average Bonchev–Trinajstić information content (AvgIpc) is 2.84. The van der Waals surface area contributed by atoms with Crippen LogP contribution in [0.15, 0.2) is 12.7 Å². The van der Waals surface area contributed by atoms with Gasteiger partial charge < -0.3 is 10.3 Å². The number of nitrogens with one attached hydrogen (secondary N) is 2. The van der Waals surface area contributed by atoms with E-state index in [0.717, 1.165) is 12.8 Å². The van der Waals surface area contributed by atoms with E-state index in [2.05, 4.69) is 32.2 Å². The standard InChI is InChI=1S/C12H17N5O/c1-2-3-4-5-6-9(18)17-12-10-11(14-7-13-10)15-8-16-12/h7-8H,2-6H2,1H3,(H2,13,14,15,16,17,18). The molecule has 6 nitrogen and oxygen atoms in total. The zero-order valence-corrected chi connectivity index (χ0v) is 10.4. The van der Waals surface area contributed by atoms with Crippen LogP contribution in [0.3, 0.4) is 0 Å². The van der Waals surface area contributed by atoms with Gasteiger partial charge >= 0.3 is 0 Å². The fourth-order valence-corrected chi connectivity index (χ4v) is 1.77. The van der Waals surface area contributed by atoms with Crippen molar-refractivity contribution in [2.75, 3.05) is 5.32 Å². The maximum Gasteiger partial charge on any atom is 0.225 e. The first-order valence-corrected chi connectivity index (χ1v) is 6.25. The first kappa shape index (κ1) is 12.5. The van der Waals surface area contributed by atoms with Gasteiger partial charge in [-0.25, -0.2) is 15.0 Å². The van der Waals surface area contributed by atoms with Crippen molar-refractivity contribution in [3.63, 3.8) is 0 Å². The number of fused-ring (bicyclic) bond motifs is 1. The van der Waals surface area contributed by atoms with E-state index in [-0.39, 0.29) is 5.91 Å². The van der Waals surface area contributed by atoms with Gasteiger partial charge in [-0.05, 0) is 6.42 Å². The molecule has 0 radical (unpaired) electrons. The minimum absolute atomic E-state index is 0.0132. The van der Waals surface area contributed by atoms with E-state index < -0.39 is 0 Å². The summed E-state index contributed by atoms with van der Waals surface area (Å²) in [5.41, 5.74) is 1.23. The van der Waals surface area contributed by atoms with Gasteiger partial charge in [0.25, 0.3) is 0 Å². The number of unbranched alkanes of at least 4 members (excludes halogenated alkanes) is 3. The van der Waals surface area contributed by atoms with Crippen molar-refractivity contribution in [1.82, 2.24) is 19.9 Å². The number of carbonyl (C=O) groups excluding carboxylic acids is 1. The summed E-state index contributed by atoms with van der Waals surface area (Å²) in [6, 6.07) is 0. The molecule has 0 aliphatic carbocycles. The lowest BCUT2D eigenvalue weighted by molar-refractivity contribution is -0.116. The number of hydrogen-bond donors (Lipinski definition) is 2. The second kappa shape index (κ2) is 6.09. The second-order valence-electron chi connectivity index (χ2n) is 4.18. The van der Waals surface area contributed by atoms with Crippen LogP contribution in [0.2, 0.25) is 0 Å². The van der Waals surface area contributed by atoms with Crippen LogP contribution in [-0.4, -0.2) is 25.8 Å². The number of aromatic nitrogens is 4. The molecule has 0 unspecified atom stereocenters. The first-order chi connectivity index (χ1) is 8.81. The lowest BCUT2D eigenvalue weighted by atomic mass is 10.1. The number of aromatic amines is 1. The van der Waals surface area contributed by atoms with Crippen LogP contribution in [0.1, 0.15) is 39.0 Å². The summed E-state index contributed by atoms with van der Waals surface area (Å²) in [6.07, 6.45) is 7.81. The van der Waals surface area contributed by atoms with Gasteiger partial charge in [-0.2, -0.15) is 0 Å². The Morgan fingerprint density at radius 2 is 2.17 bits per heavy atom. The Balaban J connectivity index is 1.92. The minimum atomic E-state index is -0.0132. The number of hydrogen-bond acceptors (Lipinski definition) is 4. The van der Waals surface area contributed by atoms with Crippen LogP contribution in [0, 0.1) is 0 Å². The van der Waals surface area contributed by atoms with Crippen molar-refractivity contribution in [2.45, 2.75) is 39.0 Å². The molecule has 0 spiro atoms. The van der Waals surface area contributed by atoms with Crippen molar-refractivity contribution in [2.24, 2.45) is 0 Å². The molecular weight excluding hydrogens is 230 g/mol. The summed E-state index contributed by atoms with van der Waals surface area (Å²) in [4.78, 5) is 26.7. The normalized spacial score (nSPS) is 10.7. The van der Waals surface area contributed by atoms with Crippen molar-refractivity contribution < 1.29 is 4.79 Å². The highest BCUT2D eigenvalue weighted by Gasteiger charge is 2.08. The molecule has 2 aromatic rings. The fraction of sp³-hybridized carbons (Fsp3) is 0.500. The molecule has 0 aliphatic rings. The number of anilines is 1. The van der Waals surface area contributed by atoms with Crippen molar-refractivity contribution in [3.05, 3.63) is 12.7 Å². The molecule has 2 aromatic heterocycles. The predicted molar refractivity (Wildman–Crippen MR) is 69.1 cm³/mol. The van der Waals surface area contributed by atoms with E-state index in [0.29, 0.717) is 23.4 Å². The van der Waals surface area contributed by atoms with Gasteiger partial charge in [0.2, 0.25) is 5.91 Å². The largest absolute Gasteiger partial charge is 0.340 e. The van der Waals surface area contributed by atoms with Crippen molar-refractivity contribution in [3.8, 4) is 0 Å². The van der Waals surface area contributed by atoms with Crippen LogP contribution >= 0.6 is 0 Å². The molecule has 0 saturated heterocycles. The lowest BCUT2D eigenvalue weighted by Crippen LogP contribution is -2.12. The first-order valence-electron chi connectivity index (χ1n) is 6.25. The van der Waals surface area contributed by atoms with Gasteiger partial charge in [0.05, 0.1) is 6.33 Å². The van der Waals surface area contributed by atoms with Gasteiger partial charge in [0.1, 0.15) is 11.8 Å². The third-order valence-corrected chi connectivity index (χ3v) is 2.74. The molecule has 0 aromatic carbocycles. The summed E-state index contributed by atoms with van der Waals surface area (Å²) in [5.74, 6) is 0.485. The number of nitrogens with zero attached hydrogens (tertiary/aromatic N) is 3.